The van der Waals surface area contributed by atoms with Crippen LogP contribution in [0.2, 0.25) is 0 Å². The van der Waals surface area contributed by atoms with Crippen molar-refractivity contribution in [2.75, 3.05) is 32.8 Å². The van der Waals surface area contributed by atoms with Crippen LogP contribution in [0, 0.1) is 11.8 Å². The van der Waals surface area contributed by atoms with E-state index in [2.05, 4.69) is 31.0 Å². The van der Waals surface area contributed by atoms with E-state index in [0.717, 1.165) is 44.7 Å². The fourth-order valence-corrected chi connectivity index (χ4v) is 2.63. The molecule has 100 valence electrons. The highest BCUT2D eigenvalue weighted by Gasteiger charge is 2.27. The van der Waals surface area contributed by atoms with Gasteiger partial charge in [-0.3, -0.25) is 4.90 Å². The second-order valence-corrected chi connectivity index (χ2v) is 6.13. The van der Waals surface area contributed by atoms with Gasteiger partial charge in [-0.05, 0) is 31.6 Å². The molecular weight excluding hydrogens is 212 g/mol. The molecule has 0 radical (unpaired) electrons. The van der Waals surface area contributed by atoms with Crippen LogP contribution < -0.4 is 5.32 Å². The second kappa shape index (κ2) is 6.17. The highest BCUT2D eigenvalue weighted by Crippen LogP contribution is 2.28. The van der Waals surface area contributed by atoms with Crippen molar-refractivity contribution >= 4 is 0 Å². The Morgan fingerprint density at radius 2 is 2.12 bits per heavy atom. The first kappa shape index (κ1) is 13.3. The first-order valence-electron chi connectivity index (χ1n) is 7.22. The molecule has 0 amide bonds. The maximum atomic E-state index is 5.76. The van der Waals surface area contributed by atoms with Crippen molar-refractivity contribution in [3.8, 4) is 0 Å². The summed E-state index contributed by atoms with van der Waals surface area (Å²) in [4.78, 5) is 2.61. The van der Waals surface area contributed by atoms with Gasteiger partial charge in [0.15, 0.2) is 0 Å². The van der Waals surface area contributed by atoms with Crippen LogP contribution in [0.1, 0.15) is 33.6 Å². The third-order valence-electron chi connectivity index (χ3n) is 4.00. The van der Waals surface area contributed by atoms with Gasteiger partial charge in [-0.2, -0.15) is 0 Å². The number of piperazine rings is 1. The summed E-state index contributed by atoms with van der Waals surface area (Å²) in [6.07, 6.45) is 2.78. The molecule has 17 heavy (non-hydrogen) atoms. The third-order valence-corrected chi connectivity index (χ3v) is 4.00. The maximum absolute atomic E-state index is 5.76. The predicted molar refractivity (Wildman–Crippen MR) is 71.2 cm³/mol. The van der Waals surface area contributed by atoms with Gasteiger partial charge < -0.3 is 10.1 Å². The van der Waals surface area contributed by atoms with Gasteiger partial charge in [-0.1, -0.05) is 13.8 Å². The summed E-state index contributed by atoms with van der Waals surface area (Å²) in [6, 6.07) is 1.30. The third kappa shape index (κ3) is 4.23. The number of hydrogen-bond acceptors (Lipinski definition) is 3. The summed E-state index contributed by atoms with van der Waals surface area (Å²) in [5, 5.41) is 3.58. The fraction of sp³-hybridized carbons (Fsp3) is 1.00. The van der Waals surface area contributed by atoms with Gasteiger partial charge in [-0.25, -0.2) is 0 Å². The SMILES string of the molecule is CC1CN(CCOCC2CC2)C(C(C)C)CN1. The lowest BCUT2D eigenvalue weighted by molar-refractivity contribution is 0.0494. The molecular formula is C14H28N2O. The molecule has 1 heterocycles. The Kier molecular flexibility index (Phi) is 4.83. The lowest BCUT2D eigenvalue weighted by Gasteiger charge is -2.41. The maximum Gasteiger partial charge on any atom is 0.0593 e. The first-order chi connectivity index (χ1) is 8.16. The van der Waals surface area contributed by atoms with Crippen molar-refractivity contribution in [3.63, 3.8) is 0 Å². The molecule has 2 aliphatic rings. The molecule has 0 aromatic rings. The summed E-state index contributed by atoms with van der Waals surface area (Å²) in [5.74, 6) is 1.61. The minimum absolute atomic E-state index is 0.619. The van der Waals surface area contributed by atoms with Crippen LogP contribution in [0.25, 0.3) is 0 Å². The topological polar surface area (TPSA) is 24.5 Å². The first-order valence-corrected chi connectivity index (χ1v) is 7.22. The van der Waals surface area contributed by atoms with Gasteiger partial charge in [0, 0.05) is 38.3 Å². The Morgan fingerprint density at radius 1 is 1.35 bits per heavy atom. The van der Waals surface area contributed by atoms with Crippen LogP contribution in [0.15, 0.2) is 0 Å². The molecule has 0 spiro atoms. The second-order valence-electron chi connectivity index (χ2n) is 6.13. The van der Waals surface area contributed by atoms with Crippen LogP contribution in [-0.2, 0) is 4.74 Å². The van der Waals surface area contributed by atoms with Crippen LogP contribution in [0.5, 0.6) is 0 Å². The standard InChI is InChI=1S/C14H28N2O/c1-11(2)14-8-15-12(3)9-16(14)6-7-17-10-13-4-5-13/h11-15H,4-10H2,1-3H3. The summed E-state index contributed by atoms with van der Waals surface area (Å²) in [6.45, 7) is 12.2. The van der Waals surface area contributed by atoms with Gasteiger partial charge in [0.25, 0.3) is 0 Å². The lowest BCUT2D eigenvalue weighted by Crippen LogP contribution is -2.57. The van der Waals surface area contributed by atoms with Crippen molar-refractivity contribution in [2.45, 2.75) is 45.7 Å². The van der Waals surface area contributed by atoms with Crippen molar-refractivity contribution in [2.24, 2.45) is 11.8 Å². The van der Waals surface area contributed by atoms with E-state index in [9.17, 15) is 0 Å². The minimum Gasteiger partial charge on any atom is -0.380 e. The smallest absolute Gasteiger partial charge is 0.0593 e. The van der Waals surface area contributed by atoms with E-state index in [-0.39, 0.29) is 0 Å². The van der Waals surface area contributed by atoms with Crippen molar-refractivity contribution in [3.05, 3.63) is 0 Å². The quantitative estimate of drug-likeness (QED) is 0.716. The molecule has 0 bridgehead atoms. The summed E-state index contributed by atoms with van der Waals surface area (Å²) in [7, 11) is 0. The number of ether oxygens (including phenoxy) is 1. The molecule has 2 atom stereocenters. The number of nitrogens with one attached hydrogen (secondary N) is 1. The zero-order chi connectivity index (χ0) is 12.3. The van der Waals surface area contributed by atoms with Gasteiger partial charge in [0.1, 0.15) is 0 Å². The number of nitrogens with zero attached hydrogens (tertiary/aromatic N) is 1. The van der Waals surface area contributed by atoms with Gasteiger partial charge in [0.2, 0.25) is 0 Å². The molecule has 1 saturated heterocycles. The molecule has 1 saturated carbocycles. The van der Waals surface area contributed by atoms with E-state index < -0.39 is 0 Å². The molecule has 3 nitrogen and oxygen atoms in total. The molecule has 1 aliphatic carbocycles. The Balaban J connectivity index is 1.69. The largest absolute Gasteiger partial charge is 0.380 e. The van der Waals surface area contributed by atoms with Gasteiger partial charge in [0.05, 0.1) is 6.61 Å². The minimum atomic E-state index is 0.619. The van der Waals surface area contributed by atoms with Crippen molar-refractivity contribution < 1.29 is 4.74 Å². The van der Waals surface area contributed by atoms with Crippen molar-refractivity contribution in [1.82, 2.24) is 10.2 Å². The van der Waals surface area contributed by atoms with E-state index >= 15 is 0 Å². The van der Waals surface area contributed by atoms with E-state index in [1.807, 2.05) is 0 Å². The zero-order valence-corrected chi connectivity index (χ0v) is 11.6. The Bertz CT molecular complexity index is 228. The Morgan fingerprint density at radius 3 is 2.76 bits per heavy atom. The van der Waals surface area contributed by atoms with E-state index in [1.54, 1.807) is 0 Å². The van der Waals surface area contributed by atoms with Crippen LogP contribution in [0.3, 0.4) is 0 Å². The highest BCUT2D eigenvalue weighted by atomic mass is 16.5. The predicted octanol–water partition coefficient (Wildman–Crippen LogP) is 1.73. The van der Waals surface area contributed by atoms with E-state index in [1.165, 1.54) is 12.8 Å². The van der Waals surface area contributed by atoms with Gasteiger partial charge >= 0.3 is 0 Å². The monoisotopic (exact) mass is 240 g/mol. The summed E-state index contributed by atoms with van der Waals surface area (Å²) < 4.78 is 5.76. The Labute approximate surface area is 106 Å². The molecule has 2 unspecified atom stereocenters. The van der Waals surface area contributed by atoms with E-state index in [4.69, 9.17) is 4.74 Å². The van der Waals surface area contributed by atoms with Crippen LogP contribution in [-0.4, -0.2) is 49.8 Å². The lowest BCUT2D eigenvalue weighted by atomic mass is 9.99. The number of hydrogen-bond donors (Lipinski definition) is 1. The molecule has 2 fully saturated rings. The summed E-state index contributed by atoms with van der Waals surface area (Å²) >= 11 is 0. The zero-order valence-electron chi connectivity index (χ0n) is 11.6. The van der Waals surface area contributed by atoms with Crippen LogP contribution in [0.4, 0.5) is 0 Å². The molecule has 1 aliphatic heterocycles. The normalized spacial score (nSPS) is 31.1. The number of rotatable bonds is 6. The van der Waals surface area contributed by atoms with Crippen LogP contribution >= 0.6 is 0 Å². The molecule has 2 rings (SSSR count). The molecule has 0 aromatic heterocycles. The average molecular weight is 240 g/mol. The molecule has 3 heteroatoms. The highest BCUT2D eigenvalue weighted by molar-refractivity contribution is 4.85. The molecule has 1 N–H and O–H groups in total. The van der Waals surface area contributed by atoms with Gasteiger partial charge in [-0.15, -0.1) is 0 Å². The fourth-order valence-electron chi connectivity index (χ4n) is 2.63. The van der Waals surface area contributed by atoms with Crippen molar-refractivity contribution in [1.29, 1.82) is 0 Å². The molecule has 0 aromatic carbocycles. The van der Waals surface area contributed by atoms with E-state index in [0.29, 0.717) is 12.1 Å². The Hall–Kier alpha value is -0.120. The average Bonchev–Trinajstić information content (AvgIpc) is 3.08. The summed E-state index contributed by atoms with van der Waals surface area (Å²) in [5.41, 5.74) is 0.